The predicted molar refractivity (Wildman–Crippen MR) is 108 cm³/mol. The normalized spacial score (nSPS) is 18.8. The SMILES string of the molecule is C[C@@H](C(=O)Nc1ccc(N2CCOCC2)cc1)N(C)CC(=O)N1CCOCC1. The van der Waals surface area contributed by atoms with E-state index in [4.69, 9.17) is 9.47 Å². The second kappa shape index (κ2) is 9.86. The third-order valence-corrected chi connectivity index (χ3v) is 5.30. The van der Waals surface area contributed by atoms with E-state index in [9.17, 15) is 9.59 Å². The Labute approximate surface area is 166 Å². The molecule has 0 bridgehead atoms. The molecule has 1 aromatic carbocycles. The van der Waals surface area contributed by atoms with Crippen molar-refractivity contribution in [3.8, 4) is 0 Å². The van der Waals surface area contributed by atoms with Gasteiger partial charge >= 0.3 is 0 Å². The molecule has 2 amide bonds. The molecule has 2 saturated heterocycles. The number of benzene rings is 1. The van der Waals surface area contributed by atoms with Gasteiger partial charge < -0.3 is 24.6 Å². The Hall–Kier alpha value is -2.16. The number of likely N-dealkylation sites (N-methyl/N-ethyl adjacent to an activating group) is 1. The van der Waals surface area contributed by atoms with E-state index in [0.717, 1.165) is 37.7 Å². The highest BCUT2D eigenvalue weighted by Crippen LogP contribution is 2.19. The molecule has 2 aliphatic rings. The van der Waals surface area contributed by atoms with Crippen LogP contribution < -0.4 is 10.2 Å². The van der Waals surface area contributed by atoms with Crippen molar-refractivity contribution >= 4 is 23.2 Å². The molecule has 0 spiro atoms. The molecule has 3 rings (SSSR count). The number of ether oxygens (including phenoxy) is 2. The zero-order valence-electron chi connectivity index (χ0n) is 16.7. The molecule has 8 nitrogen and oxygen atoms in total. The average molecular weight is 390 g/mol. The van der Waals surface area contributed by atoms with Gasteiger partial charge in [-0.25, -0.2) is 0 Å². The van der Waals surface area contributed by atoms with Crippen LogP contribution in [0.1, 0.15) is 6.92 Å². The van der Waals surface area contributed by atoms with Gasteiger partial charge in [-0.3, -0.25) is 14.5 Å². The highest BCUT2D eigenvalue weighted by molar-refractivity contribution is 5.95. The summed E-state index contributed by atoms with van der Waals surface area (Å²) >= 11 is 0. The van der Waals surface area contributed by atoms with E-state index >= 15 is 0 Å². The first kappa shape index (κ1) is 20.6. The zero-order chi connectivity index (χ0) is 19.9. The van der Waals surface area contributed by atoms with E-state index in [1.807, 2.05) is 31.2 Å². The van der Waals surface area contributed by atoms with Crippen molar-refractivity contribution < 1.29 is 19.1 Å². The van der Waals surface area contributed by atoms with Gasteiger partial charge in [0.2, 0.25) is 11.8 Å². The largest absolute Gasteiger partial charge is 0.378 e. The van der Waals surface area contributed by atoms with Gasteiger partial charge in [-0.1, -0.05) is 0 Å². The number of hydrogen-bond donors (Lipinski definition) is 1. The van der Waals surface area contributed by atoms with Crippen molar-refractivity contribution in [1.29, 1.82) is 0 Å². The summed E-state index contributed by atoms with van der Waals surface area (Å²) in [5.41, 5.74) is 1.88. The summed E-state index contributed by atoms with van der Waals surface area (Å²) in [6, 6.07) is 7.43. The van der Waals surface area contributed by atoms with Gasteiger partial charge in [0.15, 0.2) is 0 Å². The lowest BCUT2D eigenvalue weighted by Crippen LogP contribution is -2.48. The first-order valence-corrected chi connectivity index (χ1v) is 9.84. The molecule has 1 N–H and O–H groups in total. The van der Waals surface area contributed by atoms with Crippen LogP contribution in [0, 0.1) is 0 Å². The third-order valence-electron chi connectivity index (χ3n) is 5.30. The monoisotopic (exact) mass is 390 g/mol. The van der Waals surface area contributed by atoms with Crippen molar-refractivity contribution in [1.82, 2.24) is 9.80 Å². The molecule has 0 radical (unpaired) electrons. The lowest BCUT2D eigenvalue weighted by molar-refractivity contribution is -0.137. The number of nitrogens with one attached hydrogen (secondary N) is 1. The van der Waals surface area contributed by atoms with Crippen LogP contribution >= 0.6 is 0 Å². The summed E-state index contributed by atoms with van der Waals surface area (Å²) < 4.78 is 10.6. The molecular weight excluding hydrogens is 360 g/mol. The van der Waals surface area contributed by atoms with Gasteiger partial charge in [-0.15, -0.1) is 0 Å². The minimum absolute atomic E-state index is 0.0281. The third kappa shape index (κ3) is 5.43. The fourth-order valence-corrected chi connectivity index (χ4v) is 3.29. The Morgan fingerprint density at radius 1 is 1.04 bits per heavy atom. The summed E-state index contributed by atoms with van der Waals surface area (Å²) in [5, 5.41) is 2.94. The molecule has 0 aliphatic carbocycles. The topological polar surface area (TPSA) is 74.4 Å². The van der Waals surface area contributed by atoms with E-state index in [0.29, 0.717) is 26.3 Å². The Bertz CT molecular complexity index is 655. The van der Waals surface area contributed by atoms with Crippen LogP contribution in [0.5, 0.6) is 0 Å². The maximum Gasteiger partial charge on any atom is 0.241 e. The summed E-state index contributed by atoms with van der Waals surface area (Å²) in [7, 11) is 1.80. The maximum absolute atomic E-state index is 12.6. The summed E-state index contributed by atoms with van der Waals surface area (Å²) in [6.45, 7) is 7.64. The van der Waals surface area contributed by atoms with Crippen molar-refractivity contribution in [2.24, 2.45) is 0 Å². The van der Waals surface area contributed by atoms with Crippen molar-refractivity contribution in [3.05, 3.63) is 24.3 Å². The fourth-order valence-electron chi connectivity index (χ4n) is 3.29. The van der Waals surface area contributed by atoms with Gasteiger partial charge in [0.1, 0.15) is 0 Å². The number of amides is 2. The minimum atomic E-state index is -0.413. The number of carbonyl (C=O) groups is 2. The maximum atomic E-state index is 12.6. The van der Waals surface area contributed by atoms with Crippen LogP contribution in [-0.2, 0) is 19.1 Å². The molecule has 28 heavy (non-hydrogen) atoms. The van der Waals surface area contributed by atoms with E-state index in [2.05, 4.69) is 10.2 Å². The molecule has 2 aliphatic heterocycles. The van der Waals surface area contributed by atoms with Gasteiger partial charge in [0.05, 0.1) is 39.0 Å². The van der Waals surface area contributed by atoms with Crippen molar-refractivity contribution in [2.75, 3.05) is 76.4 Å². The van der Waals surface area contributed by atoms with E-state index < -0.39 is 6.04 Å². The molecule has 0 saturated carbocycles. The van der Waals surface area contributed by atoms with Gasteiger partial charge in [-0.05, 0) is 38.2 Å². The van der Waals surface area contributed by atoms with E-state index in [1.165, 1.54) is 0 Å². The van der Waals surface area contributed by atoms with Crippen LogP contribution in [-0.4, -0.2) is 93.9 Å². The van der Waals surface area contributed by atoms with E-state index in [-0.39, 0.29) is 18.4 Å². The molecule has 154 valence electrons. The standard InChI is InChI=1S/C20H30N4O4/c1-16(22(2)15-19(25)24-9-13-28-14-10-24)20(26)21-17-3-5-18(6-4-17)23-7-11-27-12-8-23/h3-6,16H,7-15H2,1-2H3,(H,21,26)/t16-/m0/s1. The predicted octanol–water partition coefficient (Wildman–Crippen LogP) is 0.641. The Kier molecular flexibility index (Phi) is 7.24. The minimum Gasteiger partial charge on any atom is -0.378 e. The van der Waals surface area contributed by atoms with Crippen LogP contribution in [0.2, 0.25) is 0 Å². The number of carbonyl (C=O) groups excluding carboxylic acids is 2. The fraction of sp³-hybridized carbons (Fsp3) is 0.600. The average Bonchev–Trinajstić information content (AvgIpc) is 2.74. The summed E-state index contributed by atoms with van der Waals surface area (Å²) in [5.74, 6) is -0.100. The highest BCUT2D eigenvalue weighted by atomic mass is 16.5. The highest BCUT2D eigenvalue weighted by Gasteiger charge is 2.24. The number of nitrogens with zero attached hydrogens (tertiary/aromatic N) is 3. The number of rotatable bonds is 6. The van der Waals surface area contributed by atoms with E-state index in [1.54, 1.807) is 16.8 Å². The van der Waals surface area contributed by atoms with Crippen molar-refractivity contribution in [3.63, 3.8) is 0 Å². The lowest BCUT2D eigenvalue weighted by atomic mass is 10.2. The number of hydrogen-bond acceptors (Lipinski definition) is 6. The number of morpholine rings is 2. The zero-order valence-corrected chi connectivity index (χ0v) is 16.7. The van der Waals surface area contributed by atoms with Gasteiger partial charge in [0, 0.05) is 37.6 Å². The first-order valence-electron chi connectivity index (χ1n) is 9.84. The van der Waals surface area contributed by atoms with Crippen LogP contribution in [0.3, 0.4) is 0 Å². The Morgan fingerprint density at radius 3 is 2.21 bits per heavy atom. The molecule has 0 unspecified atom stereocenters. The van der Waals surface area contributed by atoms with Crippen LogP contribution in [0.15, 0.2) is 24.3 Å². The quantitative estimate of drug-likeness (QED) is 0.769. The molecule has 0 aromatic heterocycles. The van der Waals surface area contributed by atoms with Crippen LogP contribution in [0.25, 0.3) is 0 Å². The lowest BCUT2D eigenvalue weighted by Gasteiger charge is -2.30. The van der Waals surface area contributed by atoms with Crippen LogP contribution in [0.4, 0.5) is 11.4 Å². The molecule has 1 atom stereocenters. The molecule has 2 fully saturated rings. The van der Waals surface area contributed by atoms with Crippen molar-refractivity contribution in [2.45, 2.75) is 13.0 Å². The first-order chi connectivity index (χ1) is 13.5. The smallest absolute Gasteiger partial charge is 0.241 e. The number of anilines is 2. The Balaban J connectivity index is 1.49. The second-order valence-corrected chi connectivity index (χ2v) is 7.22. The Morgan fingerprint density at radius 2 is 1.61 bits per heavy atom. The van der Waals surface area contributed by atoms with Gasteiger partial charge in [-0.2, -0.15) is 0 Å². The summed E-state index contributed by atoms with van der Waals surface area (Å²) in [6.07, 6.45) is 0. The molecule has 8 heteroatoms. The van der Waals surface area contributed by atoms with Gasteiger partial charge in [0.25, 0.3) is 0 Å². The second-order valence-electron chi connectivity index (χ2n) is 7.22. The summed E-state index contributed by atoms with van der Waals surface area (Å²) in [4.78, 5) is 30.8. The molecular formula is C20H30N4O4. The molecule has 1 aromatic rings. The molecule has 2 heterocycles.